The summed E-state index contributed by atoms with van der Waals surface area (Å²) in [4.78, 5) is 11.5. The number of halogens is 4. The van der Waals surface area contributed by atoms with Crippen LogP contribution in [0.1, 0.15) is 36.8 Å². The molecule has 0 aliphatic carbocycles. The van der Waals surface area contributed by atoms with Crippen molar-refractivity contribution in [3.05, 3.63) is 16.4 Å². The van der Waals surface area contributed by atoms with Crippen LogP contribution in [0.2, 0.25) is 0 Å². The van der Waals surface area contributed by atoms with Crippen molar-refractivity contribution in [1.29, 1.82) is 0 Å². The Morgan fingerprint density at radius 1 is 1.56 bits per heavy atom. The molecule has 1 aromatic rings. The molecule has 0 atom stereocenters. The standard InChI is InChI=1S/C9H10BrF3N2O/c1-5(2)15-8(6(10)4-14-15)7(16)3-9(11,12)13/h4-5H,3H2,1-2H3. The van der Waals surface area contributed by atoms with E-state index in [1.807, 2.05) is 0 Å². The topological polar surface area (TPSA) is 34.9 Å². The van der Waals surface area contributed by atoms with E-state index in [9.17, 15) is 18.0 Å². The van der Waals surface area contributed by atoms with Crippen molar-refractivity contribution >= 4 is 21.7 Å². The third-order valence-corrected chi connectivity index (χ3v) is 2.45. The predicted molar refractivity (Wildman–Crippen MR) is 55.3 cm³/mol. The lowest BCUT2D eigenvalue weighted by molar-refractivity contribution is -0.125. The molecule has 16 heavy (non-hydrogen) atoms. The molecular formula is C9H10BrF3N2O. The van der Waals surface area contributed by atoms with E-state index in [0.717, 1.165) is 0 Å². The molecule has 0 radical (unpaired) electrons. The van der Waals surface area contributed by atoms with Gasteiger partial charge < -0.3 is 0 Å². The second kappa shape index (κ2) is 4.57. The molecule has 0 amide bonds. The zero-order chi connectivity index (χ0) is 12.5. The van der Waals surface area contributed by atoms with E-state index in [1.54, 1.807) is 13.8 Å². The highest BCUT2D eigenvalue weighted by molar-refractivity contribution is 9.10. The number of aromatic nitrogens is 2. The monoisotopic (exact) mass is 298 g/mol. The van der Waals surface area contributed by atoms with Crippen molar-refractivity contribution < 1.29 is 18.0 Å². The Balaban J connectivity index is 3.03. The number of Topliss-reactive ketones (excluding diaryl/α,β-unsaturated/α-hetero) is 1. The van der Waals surface area contributed by atoms with Gasteiger partial charge in [-0.3, -0.25) is 9.48 Å². The zero-order valence-corrected chi connectivity index (χ0v) is 10.3. The average Bonchev–Trinajstić information content (AvgIpc) is 2.43. The van der Waals surface area contributed by atoms with E-state index in [2.05, 4.69) is 21.0 Å². The first-order valence-corrected chi connectivity index (χ1v) is 5.34. The van der Waals surface area contributed by atoms with Crippen molar-refractivity contribution in [1.82, 2.24) is 9.78 Å². The van der Waals surface area contributed by atoms with Crippen LogP contribution in [0.4, 0.5) is 13.2 Å². The predicted octanol–water partition coefficient (Wildman–Crippen LogP) is 3.36. The molecule has 0 bridgehead atoms. The number of carbonyl (C=O) groups excluding carboxylic acids is 1. The van der Waals surface area contributed by atoms with Gasteiger partial charge in [0.1, 0.15) is 12.1 Å². The Labute approximate surface area is 98.8 Å². The van der Waals surface area contributed by atoms with E-state index >= 15 is 0 Å². The van der Waals surface area contributed by atoms with Gasteiger partial charge in [-0.25, -0.2) is 0 Å². The number of rotatable bonds is 3. The third kappa shape index (κ3) is 3.07. The maximum absolute atomic E-state index is 12.1. The fourth-order valence-corrected chi connectivity index (χ4v) is 1.75. The summed E-state index contributed by atoms with van der Waals surface area (Å²) in [6, 6.07) is -0.168. The minimum absolute atomic E-state index is 0.0349. The van der Waals surface area contributed by atoms with Gasteiger partial charge >= 0.3 is 6.18 Å². The second-order valence-electron chi connectivity index (χ2n) is 3.59. The van der Waals surface area contributed by atoms with Crippen molar-refractivity contribution in [3.63, 3.8) is 0 Å². The third-order valence-electron chi connectivity index (χ3n) is 1.87. The summed E-state index contributed by atoms with van der Waals surface area (Å²) >= 11 is 3.02. The normalized spacial score (nSPS) is 12.2. The van der Waals surface area contributed by atoms with E-state index < -0.39 is 18.4 Å². The molecule has 0 aliphatic heterocycles. The van der Waals surface area contributed by atoms with Crippen LogP contribution in [0.5, 0.6) is 0 Å². The molecule has 0 aliphatic rings. The molecule has 7 heteroatoms. The number of carbonyl (C=O) groups is 1. The van der Waals surface area contributed by atoms with Crippen LogP contribution in [-0.4, -0.2) is 21.7 Å². The van der Waals surface area contributed by atoms with Gasteiger partial charge in [0.05, 0.1) is 10.7 Å². The van der Waals surface area contributed by atoms with Gasteiger partial charge in [0.15, 0.2) is 5.78 Å². The molecule has 0 saturated carbocycles. The lowest BCUT2D eigenvalue weighted by Crippen LogP contribution is -2.19. The van der Waals surface area contributed by atoms with Crippen LogP contribution in [0.25, 0.3) is 0 Å². The molecule has 0 aromatic carbocycles. The SMILES string of the molecule is CC(C)n1ncc(Br)c1C(=O)CC(F)(F)F. The van der Waals surface area contributed by atoms with E-state index in [-0.39, 0.29) is 16.2 Å². The zero-order valence-electron chi connectivity index (χ0n) is 8.68. The molecule has 0 spiro atoms. The number of ketones is 1. The van der Waals surface area contributed by atoms with Crippen molar-refractivity contribution in [3.8, 4) is 0 Å². The molecule has 3 nitrogen and oxygen atoms in total. The van der Waals surface area contributed by atoms with Gasteiger partial charge in [0.2, 0.25) is 0 Å². The Bertz CT molecular complexity index is 398. The van der Waals surface area contributed by atoms with Crippen molar-refractivity contribution in [2.45, 2.75) is 32.5 Å². The summed E-state index contributed by atoms with van der Waals surface area (Å²) < 4.78 is 37.9. The van der Waals surface area contributed by atoms with E-state index in [0.29, 0.717) is 0 Å². The molecule has 0 N–H and O–H groups in total. The maximum Gasteiger partial charge on any atom is 0.396 e. The Morgan fingerprint density at radius 3 is 2.56 bits per heavy atom. The molecule has 0 saturated heterocycles. The highest BCUT2D eigenvalue weighted by Crippen LogP contribution is 2.26. The molecule has 1 aromatic heterocycles. The number of alkyl halides is 3. The number of hydrogen-bond acceptors (Lipinski definition) is 2. The largest absolute Gasteiger partial charge is 0.396 e. The highest BCUT2D eigenvalue weighted by atomic mass is 79.9. The van der Waals surface area contributed by atoms with Crippen LogP contribution >= 0.6 is 15.9 Å². The van der Waals surface area contributed by atoms with Gasteiger partial charge in [-0.15, -0.1) is 0 Å². The molecule has 1 heterocycles. The second-order valence-corrected chi connectivity index (χ2v) is 4.45. The first-order chi connectivity index (χ1) is 7.22. The lowest BCUT2D eigenvalue weighted by atomic mass is 10.2. The van der Waals surface area contributed by atoms with Gasteiger partial charge in [-0.2, -0.15) is 18.3 Å². The van der Waals surface area contributed by atoms with Crippen LogP contribution < -0.4 is 0 Å². The van der Waals surface area contributed by atoms with Gasteiger partial charge in [0, 0.05) is 6.04 Å². The van der Waals surface area contributed by atoms with Crippen LogP contribution in [0.3, 0.4) is 0 Å². The summed E-state index contributed by atoms with van der Waals surface area (Å²) in [5, 5.41) is 3.85. The maximum atomic E-state index is 12.1. The average molecular weight is 299 g/mol. The smallest absolute Gasteiger partial charge is 0.292 e. The summed E-state index contributed by atoms with van der Waals surface area (Å²) in [7, 11) is 0. The fourth-order valence-electron chi connectivity index (χ4n) is 1.26. The minimum Gasteiger partial charge on any atom is -0.292 e. The van der Waals surface area contributed by atoms with Crippen LogP contribution in [0, 0.1) is 0 Å². The molecule has 1 rings (SSSR count). The summed E-state index contributed by atoms with van der Waals surface area (Å²) in [6.07, 6.45) is -4.64. The molecule has 90 valence electrons. The van der Waals surface area contributed by atoms with Crippen LogP contribution in [0.15, 0.2) is 10.7 Å². The quantitative estimate of drug-likeness (QED) is 0.802. The highest BCUT2D eigenvalue weighted by Gasteiger charge is 2.34. The van der Waals surface area contributed by atoms with Gasteiger partial charge in [0.25, 0.3) is 0 Å². The molecular weight excluding hydrogens is 289 g/mol. The number of nitrogens with zero attached hydrogens (tertiary/aromatic N) is 2. The van der Waals surface area contributed by atoms with Gasteiger partial charge in [-0.05, 0) is 29.8 Å². The molecule has 0 unspecified atom stereocenters. The first-order valence-electron chi connectivity index (χ1n) is 4.55. The number of hydrogen-bond donors (Lipinski definition) is 0. The van der Waals surface area contributed by atoms with E-state index in [1.165, 1.54) is 10.9 Å². The van der Waals surface area contributed by atoms with E-state index in [4.69, 9.17) is 0 Å². The summed E-state index contributed by atoms with van der Waals surface area (Å²) in [5.41, 5.74) is -0.0349. The fraction of sp³-hybridized carbons (Fsp3) is 0.556. The Hall–Kier alpha value is -0.850. The summed E-state index contributed by atoms with van der Waals surface area (Å²) in [5.74, 6) is -0.981. The van der Waals surface area contributed by atoms with Crippen LogP contribution in [-0.2, 0) is 0 Å². The summed E-state index contributed by atoms with van der Waals surface area (Å²) in [6.45, 7) is 3.48. The first kappa shape index (κ1) is 13.2. The molecule has 0 fully saturated rings. The lowest BCUT2D eigenvalue weighted by Gasteiger charge is -2.11. The minimum atomic E-state index is -4.50. The van der Waals surface area contributed by atoms with Crippen molar-refractivity contribution in [2.75, 3.05) is 0 Å². The van der Waals surface area contributed by atoms with Crippen molar-refractivity contribution in [2.24, 2.45) is 0 Å². The Kier molecular flexibility index (Phi) is 3.77. The Morgan fingerprint density at radius 2 is 2.12 bits per heavy atom. The van der Waals surface area contributed by atoms with Gasteiger partial charge in [-0.1, -0.05) is 0 Å².